The molecular weight excluding hydrogens is 440 g/mol. The zero-order valence-corrected chi connectivity index (χ0v) is 19.4. The van der Waals surface area contributed by atoms with Crippen molar-refractivity contribution in [2.75, 3.05) is 29.0 Å². The number of amides is 1. The van der Waals surface area contributed by atoms with Crippen molar-refractivity contribution in [3.8, 4) is 0 Å². The standard InChI is InChI=1S/C23H27ClN8O/c1-23(2)19-14(4-3-5-18(19)30-21(23)33)10-26-20-17(24)12-27-22(31-20)29-15-11-28-32(13-15)16-6-8-25-9-7-16/h3-5,11-13,16,25H,6-10H2,1-2H3,(H,30,33)(H2,26,27,29,31). The summed E-state index contributed by atoms with van der Waals surface area (Å²) < 4.78 is 2.01. The molecule has 2 aliphatic rings. The molecule has 0 saturated carbocycles. The van der Waals surface area contributed by atoms with E-state index < -0.39 is 5.41 Å². The molecule has 172 valence electrons. The van der Waals surface area contributed by atoms with Crippen LogP contribution in [0.5, 0.6) is 0 Å². The Balaban J connectivity index is 1.30. The molecule has 5 rings (SSSR count). The molecule has 2 aliphatic heterocycles. The molecule has 4 N–H and O–H groups in total. The Bertz CT molecular complexity index is 1180. The third-order valence-electron chi connectivity index (χ3n) is 6.32. The number of hydrogen-bond donors (Lipinski definition) is 4. The molecule has 0 spiro atoms. The van der Waals surface area contributed by atoms with Gasteiger partial charge >= 0.3 is 0 Å². The minimum absolute atomic E-state index is 0.00143. The van der Waals surface area contributed by atoms with Crippen LogP contribution in [0.2, 0.25) is 5.02 Å². The molecule has 4 heterocycles. The summed E-state index contributed by atoms with van der Waals surface area (Å²) in [6, 6.07) is 6.28. The van der Waals surface area contributed by atoms with E-state index in [0.29, 0.717) is 29.4 Å². The summed E-state index contributed by atoms with van der Waals surface area (Å²) in [5.74, 6) is 0.955. The number of hydrogen-bond acceptors (Lipinski definition) is 7. The number of benzene rings is 1. The summed E-state index contributed by atoms with van der Waals surface area (Å²) >= 11 is 6.36. The van der Waals surface area contributed by atoms with Gasteiger partial charge in [0, 0.05) is 18.4 Å². The molecule has 0 unspecified atom stereocenters. The Morgan fingerprint density at radius 3 is 2.88 bits per heavy atom. The molecule has 2 aromatic heterocycles. The van der Waals surface area contributed by atoms with E-state index in [1.807, 2.05) is 42.9 Å². The van der Waals surface area contributed by atoms with Crippen LogP contribution in [0.25, 0.3) is 0 Å². The molecular formula is C23H27ClN8O. The third-order valence-corrected chi connectivity index (χ3v) is 6.60. The first-order chi connectivity index (χ1) is 15.9. The van der Waals surface area contributed by atoms with Crippen LogP contribution in [-0.2, 0) is 16.8 Å². The average molecular weight is 467 g/mol. The Morgan fingerprint density at radius 2 is 2.06 bits per heavy atom. The summed E-state index contributed by atoms with van der Waals surface area (Å²) in [7, 11) is 0. The Morgan fingerprint density at radius 1 is 1.24 bits per heavy atom. The van der Waals surface area contributed by atoms with Gasteiger partial charge in [-0.3, -0.25) is 9.48 Å². The predicted molar refractivity (Wildman–Crippen MR) is 129 cm³/mol. The molecule has 1 fully saturated rings. The first-order valence-electron chi connectivity index (χ1n) is 11.1. The van der Waals surface area contributed by atoms with Crippen LogP contribution in [0.15, 0.2) is 36.8 Å². The lowest BCUT2D eigenvalue weighted by Crippen LogP contribution is -2.29. The Kier molecular flexibility index (Phi) is 5.67. The average Bonchev–Trinajstić information content (AvgIpc) is 3.37. The van der Waals surface area contributed by atoms with E-state index in [1.54, 1.807) is 12.4 Å². The summed E-state index contributed by atoms with van der Waals surface area (Å²) in [4.78, 5) is 21.2. The van der Waals surface area contributed by atoms with Crippen molar-refractivity contribution >= 4 is 40.6 Å². The van der Waals surface area contributed by atoms with E-state index in [9.17, 15) is 4.79 Å². The lowest BCUT2D eigenvalue weighted by molar-refractivity contribution is -0.119. The van der Waals surface area contributed by atoms with Crippen molar-refractivity contribution in [1.29, 1.82) is 0 Å². The third kappa shape index (κ3) is 4.26. The number of piperidine rings is 1. The van der Waals surface area contributed by atoms with E-state index in [-0.39, 0.29) is 5.91 Å². The second-order valence-corrected chi connectivity index (χ2v) is 9.38. The molecule has 1 amide bonds. The number of halogens is 1. The van der Waals surface area contributed by atoms with Crippen LogP contribution < -0.4 is 21.3 Å². The van der Waals surface area contributed by atoms with E-state index in [2.05, 4.69) is 36.3 Å². The van der Waals surface area contributed by atoms with Gasteiger partial charge < -0.3 is 21.3 Å². The smallest absolute Gasteiger partial charge is 0.234 e. The summed E-state index contributed by atoms with van der Waals surface area (Å²) in [6.45, 7) is 6.36. The topological polar surface area (TPSA) is 109 Å². The van der Waals surface area contributed by atoms with Crippen LogP contribution in [0.3, 0.4) is 0 Å². The van der Waals surface area contributed by atoms with E-state index in [0.717, 1.165) is 48.4 Å². The number of carbonyl (C=O) groups is 1. The maximum absolute atomic E-state index is 12.4. The van der Waals surface area contributed by atoms with Gasteiger partial charge in [0.05, 0.1) is 29.5 Å². The summed E-state index contributed by atoms with van der Waals surface area (Å²) in [6.07, 6.45) is 7.47. The van der Waals surface area contributed by atoms with Gasteiger partial charge in [0.2, 0.25) is 11.9 Å². The van der Waals surface area contributed by atoms with Crippen LogP contribution in [0.4, 0.5) is 23.1 Å². The lowest BCUT2D eigenvalue weighted by atomic mass is 9.83. The van der Waals surface area contributed by atoms with Crippen LogP contribution in [0.1, 0.15) is 43.9 Å². The van der Waals surface area contributed by atoms with Gasteiger partial charge in [-0.1, -0.05) is 23.7 Å². The molecule has 1 saturated heterocycles. The predicted octanol–water partition coefficient (Wildman–Crippen LogP) is 3.84. The lowest BCUT2D eigenvalue weighted by Gasteiger charge is -2.22. The van der Waals surface area contributed by atoms with Gasteiger partial charge in [0.25, 0.3) is 0 Å². The zero-order valence-electron chi connectivity index (χ0n) is 18.7. The monoisotopic (exact) mass is 466 g/mol. The minimum atomic E-state index is -0.593. The number of aromatic nitrogens is 4. The molecule has 0 radical (unpaired) electrons. The van der Waals surface area contributed by atoms with Crippen molar-refractivity contribution < 1.29 is 4.79 Å². The first kappa shape index (κ1) is 21.7. The van der Waals surface area contributed by atoms with Gasteiger partial charge in [0.15, 0.2) is 5.82 Å². The fraction of sp³-hybridized carbons (Fsp3) is 0.391. The number of carbonyl (C=O) groups excluding carboxylic acids is 1. The number of anilines is 4. The quantitative estimate of drug-likeness (QED) is 0.437. The van der Waals surface area contributed by atoms with Crippen molar-refractivity contribution in [2.24, 2.45) is 0 Å². The molecule has 0 atom stereocenters. The van der Waals surface area contributed by atoms with Crippen molar-refractivity contribution in [1.82, 2.24) is 25.1 Å². The molecule has 10 heteroatoms. The molecule has 1 aromatic carbocycles. The highest BCUT2D eigenvalue weighted by molar-refractivity contribution is 6.32. The van der Waals surface area contributed by atoms with E-state index >= 15 is 0 Å². The maximum Gasteiger partial charge on any atom is 0.234 e. The summed E-state index contributed by atoms with van der Waals surface area (Å²) in [5.41, 5.74) is 3.10. The van der Waals surface area contributed by atoms with Crippen molar-refractivity contribution in [3.63, 3.8) is 0 Å². The normalized spacial score (nSPS) is 17.5. The Hall–Kier alpha value is -3.17. The van der Waals surface area contributed by atoms with Gasteiger partial charge in [-0.2, -0.15) is 10.1 Å². The van der Waals surface area contributed by atoms with Crippen LogP contribution >= 0.6 is 11.6 Å². The Labute approximate surface area is 197 Å². The second kappa shape index (κ2) is 8.64. The maximum atomic E-state index is 12.4. The van der Waals surface area contributed by atoms with Gasteiger partial charge in [-0.05, 0) is 57.0 Å². The number of nitrogens with zero attached hydrogens (tertiary/aromatic N) is 4. The highest BCUT2D eigenvalue weighted by atomic mass is 35.5. The molecule has 0 bridgehead atoms. The SMILES string of the molecule is CC1(C)C(=O)Nc2cccc(CNc3nc(Nc4cnn(C5CCNCC5)c4)ncc3Cl)c21. The number of rotatable bonds is 6. The first-order valence-corrected chi connectivity index (χ1v) is 11.5. The summed E-state index contributed by atoms with van der Waals surface area (Å²) in [5, 5.41) is 17.8. The van der Waals surface area contributed by atoms with Crippen LogP contribution in [-0.4, -0.2) is 38.7 Å². The fourth-order valence-corrected chi connectivity index (χ4v) is 4.67. The van der Waals surface area contributed by atoms with Crippen LogP contribution in [0, 0.1) is 0 Å². The number of fused-ring (bicyclic) bond motifs is 1. The van der Waals surface area contributed by atoms with E-state index in [4.69, 9.17) is 11.6 Å². The molecule has 0 aliphatic carbocycles. The fourth-order valence-electron chi connectivity index (χ4n) is 4.51. The van der Waals surface area contributed by atoms with E-state index in [1.165, 1.54) is 0 Å². The van der Waals surface area contributed by atoms with Crippen molar-refractivity contribution in [3.05, 3.63) is 52.9 Å². The zero-order chi connectivity index (χ0) is 23.0. The van der Waals surface area contributed by atoms with Crippen molar-refractivity contribution in [2.45, 2.75) is 44.7 Å². The minimum Gasteiger partial charge on any atom is -0.365 e. The molecule has 33 heavy (non-hydrogen) atoms. The molecule has 9 nitrogen and oxygen atoms in total. The largest absolute Gasteiger partial charge is 0.365 e. The highest BCUT2D eigenvalue weighted by Crippen LogP contribution is 2.40. The molecule has 3 aromatic rings. The second-order valence-electron chi connectivity index (χ2n) is 8.98. The number of nitrogens with one attached hydrogen (secondary N) is 4. The van der Waals surface area contributed by atoms with Gasteiger partial charge in [0.1, 0.15) is 5.02 Å². The highest BCUT2D eigenvalue weighted by Gasteiger charge is 2.39. The van der Waals surface area contributed by atoms with Gasteiger partial charge in [-0.25, -0.2) is 4.98 Å². The van der Waals surface area contributed by atoms with Gasteiger partial charge in [-0.15, -0.1) is 0 Å².